The Morgan fingerprint density at radius 1 is 1.15 bits per heavy atom. The summed E-state index contributed by atoms with van der Waals surface area (Å²) in [5.74, 6) is -1.01. The molecule has 7 nitrogen and oxygen atoms in total. The number of hydrogen-bond donors (Lipinski definition) is 0. The van der Waals surface area contributed by atoms with E-state index < -0.39 is 34.2 Å². The van der Waals surface area contributed by atoms with Gasteiger partial charge in [-0.1, -0.05) is 23.7 Å². The largest absolute Gasteiger partial charge is 0.431 e. The highest BCUT2D eigenvalue weighted by Gasteiger charge is 2.41. The summed E-state index contributed by atoms with van der Waals surface area (Å²) in [6.07, 6.45) is -0.979. The lowest BCUT2D eigenvalue weighted by Gasteiger charge is -2.20. The van der Waals surface area contributed by atoms with Crippen LogP contribution in [0, 0.1) is 6.92 Å². The monoisotopic (exact) mass is 514 g/mol. The summed E-state index contributed by atoms with van der Waals surface area (Å²) in [5, 5.41) is 0.382. The van der Waals surface area contributed by atoms with Crippen LogP contribution >= 0.6 is 11.6 Å². The van der Waals surface area contributed by atoms with Crippen molar-refractivity contribution in [3.63, 3.8) is 0 Å². The van der Waals surface area contributed by atoms with Crippen LogP contribution in [0.3, 0.4) is 0 Å². The number of nitrogens with zero attached hydrogens (tertiary/aromatic N) is 4. The average Bonchev–Trinajstić information content (AvgIpc) is 3.04. The van der Waals surface area contributed by atoms with Crippen molar-refractivity contribution in [2.24, 2.45) is 0 Å². The minimum atomic E-state index is -4.79. The summed E-state index contributed by atoms with van der Waals surface area (Å²) in [5.41, 5.74) is -0.956. The Hall–Kier alpha value is -2.92. The quantitative estimate of drug-likeness (QED) is 0.474. The van der Waals surface area contributed by atoms with E-state index in [2.05, 4.69) is 9.97 Å². The molecule has 0 saturated carbocycles. The maximum absolute atomic E-state index is 14.3. The zero-order chi connectivity index (χ0) is 25.3. The van der Waals surface area contributed by atoms with Crippen LogP contribution in [0.4, 0.5) is 13.2 Å². The van der Waals surface area contributed by atoms with Crippen LogP contribution in [0.2, 0.25) is 5.02 Å². The molecule has 0 aliphatic rings. The topological polar surface area (TPSA) is 85.2 Å². The van der Waals surface area contributed by atoms with Crippen molar-refractivity contribution in [2.45, 2.75) is 19.6 Å². The number of alkyl halides is 3. The second kappa shape index (κ2) is 9.75. The van der Waals surface area contributed by atoms with E-state index in [1.54, 1.807) is 0 Å². The summed E-state index contributed by atoms with van der Waals surface area (Å²) >= 11 is 5.96. The molecular weight excluding hydrogens is 493 g/mol. The van der Waals surface area contributed by atoms with Crippen LogP contribution in [0.1, 0.15) is 27.6 Å². The number of carbonyl (C=O) groups excluding carboxylic acids is 1. The third-order valence-corrected chi connectivity index (χ3v) is 6.35. The van der Waals surface area contributed by atoms with Gasteiger partial charge >= 0.3 is 6.18 Å². The molecule has 0 radical (unpaired) electrons. The first-order chi connectivity index (χ1) is 15.8. The molecule has 0 aliphatic heterocycles. The molecule has 0 saturated heterocycles. The van der Waals surface area contributed by atoms with Crippen molar-refractivity contribution in [3.8, 4) is 11.1 Å². The van der Waals surface area contributed by atoms with E-state index in [9.17, 15) is 26.4 Å². The van der Waals surface area contributed by atoms with E-state index in [1.165, 1.54) is 56.7 Å². The molecule has 0 spiro atoms. The second-order valence-electron chi connectivity index (χ2n) is 7.81. The normalized spacial score (nSPS) is 12.1. The fourth-order valence-corrected chi connectivity index (χ4v) is 4.33. The van der Waals surface area contributed by atoms with Gasteiger partial charge in [-0.05, 0) is 36.2 Å². The summed E-state index contributed by atoms with van der Waals surface area (Å²) in [4.78, 5) is 22.6. The highest BCUT2D eigenvalue weighted by atomic mass is 35.5. The van der Waals surface area contributed by atoms with Gasteiger partial charge in [0, 0.05) is 42.8 Å². The van der Waals surface area contributed by atoms with Gasteiger partial charge in [-0.15, -0.1) is 0 Å². The fourth-order valence-electron chi connectivity index (χ4n) is 3.60. The summed E-state index contributed by atoms with van der Waals surface area (Å²) in [6, 6.07) is 7.62. The number of halogens is 4. The van der Waals surface area contributed by atoms with Crippen molar-refractivity contribution in [1.82, 2.24) is 19.4 Å². The molecule has 34 heavy (non-hydrogen) atoms. The third-order valence-electron chi connectivity index (χ3n) is 5.17. The van der Waals surface area contributed by atoms with Gasteiger partial charge in [-0.3, -0.25) is 4.79 Å². The van der Waals surface area contributed by atoms with E-state index >= 15 is 0 Å². The van der Waals surface area contributed by atoms with Gasteiger partial charge in [-0.2, -0.15) is 13.2 Å². The number of hydrogen-bond acceptors (Lipinski definition) is 5. The molecule has 1 amide bonds. The van der Waals surface area contributed by atoms with E-state index in [-0.39, 0.29) is 34.9 Å². The molecule has 0 atom stereocenters. The molecule has 3 rings (SSSR count). The molecule has 0 N–H and O–H groups in total. The molecule has 0 fully saturated rings. The molecule has 182 valence electrons. The number of amides is 1. The Labute approximate surface area is 200 Å². The molecule has 1 aromatic carbocycles. The smallest absolute Gasteiger partial charge is 0.339 e. The van der Waals surface area contributed by atoms with E-state index in [1.807, 2.05) is 0 Å². The van der Waals surface area contributed by atoms with Crippen molar-refractivity contribution < 1.29 is 26.4 Å². The van der Waals surface area contributed by atoms with Crippen LogP contribution in [-0.2, 0) is 22.6 Å². The van der Waals surface area contributed by atoms with E-state index in [4.69, 9.17) is 11.6 Å². The number of aromatic nitrogens is 3. The lowest BCUT2D eigenvalue weighted by atomic mass is 10.0. The van der Waals surface area contributed by atoms with E-state index in [0.29, 0.717) is 10.6 Å². The summed E-state index contributed by atoms with van der Waals surface area (Å²) < 4.78 is 66.8. The van der Waals surface area contributed by atoms with E-state index in [0.717, 1.165) is 15.7 Å². The average molecular weight is 515 g/mol. The minimum Gasteiger partial charge on any atom is -0.339 e. The lowest BCUT2D eigenvalue weighted by Crippen LogP contribution is -2.34. The molecule has 3 aromatic rings. The van der Waals surface area contributed by atoms with Crippen LogP contribution in [0.25, 0.3) is 11.1 Å². The van der Waals surface area contributed by atoms with Gasteiger partial charge in [-0.25, -0.2) is 18.4 Å². The zero-order valence-corrected chi connectivity index (χ0v) is 20.2. The first-order valence-electron chi connectivity index (χ1n) is 10.0. The molecule has 0 unspecified atom stereocenters. The van der Waals surface area contributed by atoms with Crippen LogP contribution in [0.15, 0.2) is 42.7 Å². The number of carbonyl (C=O) groups is 1. The first kappa shape index (κ1) is 25.7. The Kier molecular flexibility index (Phi) is 7.37. The lowest BCUT2D eigenvalue weighted by molar-refractivity contribution is -0.143. The maximum Gasteiger partial charge on any atom is 0.431 e. The van der Waals surface area contributed by atoms with Crippen LogP contribution in [0.5, 0.6) is 0 Å². The van der Waals surface area contributed by atoms with Gasteiger partial charge in [0.25, 0.3) is 5.91 Å². The van der Waals surface area contributed by atoms with Gasteiger partial charge in [0.2, 0.25) is 0 Å². The Balaban J connectivity index is 2.27. The summed E-state index contributed by atoms with van der Waals surface area (Å²) in [7, 11) is -2.06. The van der Waals surface area contributed by atoms with Crippen molar-refractivity contribution in [3.05, 3.63) is 70.5 Å². The molecule has 0 bridgehead atoms. The first-order valence-corrected chi connectivity index (χ1v) is 12.5. The SMILES string of the molecule is Cc1c(-c2ccc(Cl)cc2)c(C(=O)N(C)CCS(C)(=O)=O)n(Cc2ncccn2)c1C(F)(F)F. The van der Waals surface area contributed by atoms with Crippen molar-refractivity contribution >= 4 is 27.3 Å². The number of benzene rings is 1. The number of rotatable bonds is 7. The van der Waals surface area contributed by atoms with Crippen molar-refractivity contribution in [1.29, 1.82) is 0 Å². The Morgan fingerprint density at radius 2 is 1.74 bits per heavy atom. The zero-order valence-electron chi connectivity index (χ0n) is 18.6. The molecule has 0 aliphatic carbocycles. The molecule has 12 heteroatoms. The maximum atomic E-state index is 14.3. The highest BCUT2D eigenvalue weighted by molar-refractivity contribution is 7.90. The standard InChI is InChI=1S/C22H22ClF3N4O3S/c1-14-18(15-5-7-16(23)8-6-15)19(21(31)29(2)11-12-34(3,32)33)30(20(14)22(24,25)26)13-17-27-9-4-10-28-17/h4-10H,11-13H2,1-3H3. The fraction of sp³-hybridized carbons (Fsp3) is 0.318. The molecular formula is C22H22ClF3N4O3S. The van der Waals surface area contributed by atoms with Crippen LogP contribution < -0.4 is 0 Å². The van der Waals surface area contributed by atoms with Gasteiger partial charge < -0.3 is 9.47 Å². The Bertz CT molecular complexity index is 1290. The van der Waals surface area contributed by atoms with Gasteiger partial charge in [0.15, 0.2) is 0 Å². The predicted molar refractivity (Wildman–Crippen MR) is 122 cm³/mol. The second-order valence-corrected chi connectivity index (χ2v) is 10.5. The van der Waals surface area contributed by atoms with Crippen molar-refractivity contribution in [2.75, 3.05) is 25.6 Å². The minimum absolute atomic E-state index is 0.0797. The highest BCUT2D eigenvalue weighted by Crippen LogP contribution is 2.41. The molecule has 2 heterocycles. The van der Waals surface area contributed by atoms with Crippen LogP contribution in [-0.4, -0.2) is 59.4 Å². The summed E-state index contributed by atoms with van der Waals surface area (Å²) in [6.45, 7) is 0.693. The molecule has 2 aromatic heterocycles. The third kappa shape index (κ3) is 5.76. The Morgan fingerprint density at radius 3 is 2.26 bits per heavy atom. The number of sulfone groups is 1. The van der Waals surface area contributed by atoms with Gasteiger partial charge in [0.1, 0.15) is 27.0 Å². The predicted octanol–water partition coefficient (Wildman–Crippen LogP) is 4.09. The van der Waals surface area contributed by atoms with Gasteiger partial charge in [0.05, 0.1) is 12.3 Å².